The molecule has 3 unspecified atom stereocenters. The fraction of sp³-hybridized carbons (Fsp3) is 0.792. The largest absolute Gasteiger partial charge is 0.431 e. The molecule has 1 aromatic rings. The third-order valence-electron chi connectivity index (χ3n) is 9.95. The lowest BCUT2D eigenvalue weighted by molar-refractivity contribution is -0.238. The second kappa shape index (κ2) is 6.41. The molecule has 29 heavy (non-hydrogen) atoms. The second-order valence-electron chi connectivity index (χ2n) is 10.9. The van der Waals surface area contributed by atoms with E-state index in [4.69, 9.17) is 4.42 Å². The first kappa shape index (κ1) is 19.8. The Morgan fingerprint density at radius 1 is 1.03 bits per heavy atom. The predicted octanol–water partition coefficient (Wildman–Crippen LogP) is 3.21. The smallest absolute Gasteiger partial charge is 0.335 e. The molecule has 0 aromatic carbocycles. The zero-order valence-corrected chi connectivity index (χ0v) is 17.5. The van der Waals surface area contributed by atoms with Crippen LogP contribution in [0.2, 0.25) is 0 Å². The van der Waals surface area contributed by atoms with Gasteiger partial charge in [-0.3, -0.25) is 0 Å². The highest BCUT2D eigenvalue weighted by atomic mass is 16.4. The molecule has 0 aliphatic heterocycles. The van der Waals surface area contributed by atoms with Crippen LogP contribution in [0.5, 0.6) is 0 Å². The first-order chi connectivity index (χ1) is 13.7. The summed E-state index contributed by atoms with van der Waals surface area (Å²) < 4.78 is 5.14. The highest BCUT2D eigenvalue weighted by Gasteiger charge is 2.69. The predicted molar refractivity (Wildman–Crippen MR) is 108 cm³/mol. The van der Waals surface area contributed by atoms with Gasteiger partial charge in [0.15, 0.2) is 0 Å². The normalized spacial score (nSPS) is 51.8. The van der Waals surface area contributed by atoms with Gasteiger partial charge in [0, 0.05) is 17.4 Å². The summed E-state index contributed by atoms with van der Waals surface area (Å²) >= 11 is 0. The number of hydrogen-bond acceptors (Lipinski definition) is 5. The molecule has 5 nitrogen and oxygen atoms in total. The van der Waals surface area contributed by atoms with E-state index in [1.54, 1.807) is 6.26 Å². The van der Waals surface area contributed by atoms with Crippen LogP contribution >= 0.6 is 0 Å². The van der Waals surface area contributed by atoms with Gasteiger partial charge in [0.25, 0.3) is 0 Å². The van der Waals surface area contributed by atoms with Gasteiger partial charge >= 0.3 is 5.63 Å². The topological polar surface area (TPSA) is 90.9 Å². The molecular weight excluding hydrogens is 368 g/mol. The molecule has 9 atom stereocenters. The van der Waals surface area contributed by atoms with E-state index in [0.29, 0.717) is 18.8 Å². The number of fused-ring (bicyclic) bond motifs is 5. The van der Waals surface area contributed by atoms with E-state index in [1.807, 2.05) is 6.07 Å². The van der Waals surface area contributed by atoms with Crippen molar-refractivity contribution in [2.75, 3.05) is 0 Å². The molecule has 4 aliphatic rings. The summed E-state index contributed by atoms with van der Waals surface area (Å²) in [5.74, 6) is 0.618. The maximum atomic E-state index is 12.2. The third kappa shape index (κ3) is 2.60. The molecule has 5 heteroatoms. The van der Waals surface area contributed by atoms with Crippen molar-refractivity contribution in [2.24, 2.45) is 28.6 Å². The molecule has 0 spiro atoms. The molecular formula is C24H34O5. The monoisotopic (exact) mass is 402 g/mol. The minimum Gasteiger partial charge on any atom is -0.431 e. The van der Waals surface area contributed by atoms with Gasteiger partial charge in [0.05, 0.1) is 24.1 Å². The molecule has 160 valence electrons. The van der Waals surface area contributed by atoms with Crippen LogP contribution in [0.3, 0.4) is 0 Å². The lowest BCUT2D eigenvalue weighted by atomic mass is 9.42. The molecule has 0 bridgehead atoms. The Morgan fingerprint density at radius 3 is 2.55 bits per heavy atom. The van der Waals surface area contributed by atoms with Gasteiger partial charge in [-0.2, -0.15) is 0 Å². The van der Waals surface area contributed by atoms with Crippen molar-refractivity contribution in [3.05, 3.63) is 34.4 Å². The summed E-state index contributed by atoms with van der Waals surface area (Å²) in [5, 5.41) is 33.6. The molecule has 0 amide bonds. The Bertz CT molecular complexity index is 829. The zero-order valence-electron chi connectivity index (χ0n) is 17.5. The maximum Gasteiger partial charge on any atom is 0.335 e. The van der Waals surface area contributed by atoms with Gasteiger partial charge in [-0.05, 0) is 86.2 Å². The summed E-state index contributed by atoms with van der Waals surface area (Å²) in [6.45, 7) is 4.52. The van der Waals surface area contributed by atoms with Crippen molar-refractivity contribution < 1.29 is 19.7 Å². The second-order valence-corrected chi connectivity index (χ2v) is 10.9. The van der Waals surface area contributed by atoms with Crippen LogP contribution in [0.25, 0.3) is 0 Å². The third-order valence-corrected chi connectivity index (χ3v) is 9.95. The van der Waals surface area contributed by atoms with Crippen molar-refractivity contribution in [2.45, 2.75) is 88.9 Å². The van der Waals surface area contributed by atoms with Crippen LogP contribution in [-0.4, -0.2) is 33.1 Å². The number of rotatable bonds is 1. The molecule has 4 aliphatic carbocycles. The average Bonchev–Trinajstić information content (AvgIpc) is 2.95. The SMILES string of the molecule is C[C@]12CC[C@H](O)CC1C[C@H](O)C1C2CC[C@]2(C)[C@@H](c3ccc(=O)oc3)CC[C@]12O. The van der Waals surface area contributed by atoms with Crippen LogP contribution in [0.15, 0.2) is 27.6 Å². The number of aliphatic hydroxyl groups excluding tert-OH is 2. The zero-order chi connectivity index (χ0) is 20.6. The van der Waals surface area contributed by atoms with Gasteiger partial charge in [0.1, 0.15) is 0 Å². The molecule has 5 rings (SSSR count). The Morgan fingerprint density at radius 2 is 1.83 bits per heavy atom. The van der Waals surface area contributed by atoms with E-state index < -0.39 is 11.7 Å². The van der Waals surface area contributed by atoms with Crippen molar-refractivity contribution in [3.63, 3.8) is 0 Å². The fourth-order valence-electron chi connectivity index (χ4n) is 8.29. The first-order valence-electron chi connectivity index (χ1n) is 11.4. The van der Waals surface area contributed by atoms with Crippen molar-refractivity contribution in [3.8, 4) is 0 Å². The number of aliphatic hydroxyl groups is 3. The number of hydrogen-bond donors (Lipinski definition) is 3. The molecule has 4 fully saturated rings. The first-order valence-corrected chi connectivity index (χ1v) is 11.4. The summed E-state index contributed by atoms with van der Waals surface area (Å²) in [6.07, 6.45) is 7.47. The molecule has 0 saturated heterocycles. The average molecular weight is 403 g/mol. The minimum absolute atomic E-state index is 0.0812. The molecule has 0 radical (unpaired) electrons. The van der Waals surface area contributed by atoms with Gasteiger partial charge in [0.2, 0.25) is 0 Å². The minimum atomic E-state index is -0.916. The van der Waals surface area contributed by atoms with Gasteiger partial charge < -0.3 is 19.7 Å². The van der Waals surface area contributed by atoms with Crippen LogP contribution in [-0.2, 0) is 0 Å². The van der Waals surface area contributed by atoms with E-state index in [-0.39, 0.29) is 40.3 Å². The Balaban J connectivity index is 1.52. The fourth-order valence-corrected chi connectivity index (χ4v) is 8.29. The summed E-state index contributed by atoms with van der Waals surface area (Å²) in [5.41, 5.74) is -0.543. The Labute approximate surface area is 172 Å². The van der Waals surface area contributed by atoms with Crippen LogP contribution in [0.4, 0.5) is 0 Å². The molecule has 1 aromatic heterocycles. The van der Waals surface area contributed by atoms with Crippen LogP contribution in [0.1, 0.15) is 76.7 Å². The molecule has 1 heterocycles. The summed E-state index contributed by atoms with van der Waals surface area (Å²) in [7, 11) is 0. The quantitative estimate of drug-likeness (QED) is 0.671. The van der Waals surface area contributed by atoms with Crippen LogP contribution < -0.4 is 5.63 Å². The van der Waals surface area contributed by atoms with E-state index in [1.165, 1.54) is 6.07 Å². The highest BCUT2D eigenvalue weighted by molar-refractivity contribution is 5.27. The molecule has 4 saturated carbocycles. The van der Waals surface area contributed by atoms with E-state index in [9.17, 15) is 20.1 Å². The van der Waals surface area contributed by atoms with Crippen LogP contribution in [0, 0.1) is 28.6 Å². The Hall–Kier alpha value is -1.17. The van der Waals surface area contributed by atoms with Crippen molar-refractivity contribution in [1.29, 1.82) is 0 Å². The van der Waals surface area contributed by atoms with Gasteiger partial charge in [-0.15, -0.1) is 0 Å². The van der Waals surface area contributed by atoms with E-state index in [2.05, 4.69) is 13.8 Å². The van der Waals surface area contributed by atoms with E-state index >= 15 is 0 Å². The standard InChI is InChI=1S/C24H34O5/c1-22-8-5-16(25)11-15(22)12-19(26)21-18(22)6-9-23(2)17(7-10-24(21,23)28)14-3-4-20(27)29-13-14/h3-4,13,15-19,21,25-26,28H,5-12H2,1-2H3/t15?,16-,17+,18?,19-,21?,22-,23+,24-/m0/s1. The highest BCUT2D eigenvalue weighted by Crippen LogP contribution is 2.70. The van der Waals surface area contributed by atoms with Crippen molar-refractivity contribution >= 4 is 0 Å². The van der Waals surface area contributed by atoms with Gasteiger partial charge in [-0.25, -0.2) is 4.79 Å². The van der Waals surface area contributed by atoms with Gasteiger partial charge in [-0.1, -0.05) is 13.8 Å². The van der Waals surface area contributed by atoms with Crippen molar-refractivity contribution in [1.82, 2.24) is 0 Å². The summed E-state index contributed by atoms with van der Waals surface area (Å²) in [4.78, 5) is 11.4. The lowest BCUT2D eigenvalue weighted by Gasteiger charge is -2.64. The maximum absolute atomic E-state index is 12.2. The lowest BCUT2D eigenvalue weighted by Crippen LogP contribution is -2.66. The summed E-state index contributed by atoms with van der Waals surface area (Å²) in [6, 6.07) is 3.31. The van der Waals surface area contributed by atoms with E-state index in [0.717, 1.165) is 44.1 Å². The molecule has 3 N–H and O–H groups in total. The Kier molecular flexibility index (Phi) is 4.37.